The van der Waals surface area contributed by atoms with Gasteiger partial charge in [0, 0.05) is 0 Å². The van der Waals surface area contributed by atoms with E-state index in [1.807, 2.05) is 12.1 Å². The van der Waals surface area contributed by atoms with Crippen molar-refractivity contribution >= 4 is 35.4 Å². The Morgan fingerprint density at radius 3 is 1.44 bits per heavy atom. The standard InChI is InChI=1S/C12H6Cl2N2/c13-11(7-15)5-9-1-2-10(4-3-9)6-12(14)8-16/h1-6H/b11-5+,12-6+. The van der Waals surface area contributed by atoms with Crippen LogP contribution < -0.4 is 0 Å². The Morgan fingerprint density at radius 1 is 0.875 bits per heavy atom. The molecule has 4 heteroatoms. The fourth-order valence-corrected chi connectivity index (χ4v) is 1.30. The highest BCUT2D eigenvalue weighted by molar-refractivity contribution is 6.34. The molecule has 0 radical (unpaired) electrons. The van der Waals surface area contributed by atoms with Gasteiger partial charge in [0.1, 0.15) is 22.2 Å². The van der Waals surface area contributed by atoms with Crippen molar-refractivity contribution in [3.05, 3.63) is 45.5 Å². The van der Waals surface area contributed by atoms with Crippen LogP contribution >= 0.6 is 23.2 Å². The van der Waals surface area contributed by atoms with Gasteiger partial charge in [0.05, 0.1) is 0 Å². The van der Waals surface area contributed by atoms with Gasteiger partial charge >= 0.3 is 0 Å². The Morgan fingerprint density at radius 2 is 1.19 bits per heavy atom. The van der Waals surface area contributed by atoms with Gasteiger partial charge < -0.3 is 0 Å². The molecule has 0 spiro atoms. The Balaban J connectivity index is 2.94. The van der Waals surface area contributed by atoms with Gasteiger partial charge in [-0.15, -0.1) is 0 Å². The molecule has 0 heterocycles. The first-order valence-electron chi connectivity index (χ1n) is 4.30. The lowest BCUT2D eigenvalue weighted by Crippen LogP contribution is -1.76. The number of hydrogen-bond acceptors (Lipinski definition) is 2. The molecule has 0 atom stereocenters. The predicted molar refractivity (Wildman–Crippen MR) is 65.3 cm³/mol. The zero-order chi connectivity index (χ0) is 12.0. The topological polar surface area (TPSA) is 47.6 Å². The van der Waals surface area contributed by atoms with Crippen molar-refractivity contribution < 1.29 is 0 Å². The molecule has 2 nitrogen and oxygen atoms in total. The van der Waals surface area contributed by atoms with E-state index >= 15 is 0 Å². The summed E-state index contributed by atoms with van der Waals surface area (Å²) in [6, 6.07) is 10.8. The zero-order valence-electron chi connectivity index (χ0n) is 8.11. The molecule has 0 bridgehead atoms. The Bertz CT molecular complexity index is 464. The number of hydrogen-bond donors (Lipinski definition) is 0. The molecule has 0 saturated heterocycles. The quantitative estimate of drug-likeness (QED) is 0.746. The van der Waals surface area contributed by atoms with Crippen LogP contribution in [-0.2, 0) is 0 Å². The van der Waals surface area contributed by atoms with Crippen LogP contribution in [0.15, 0.2) is 34.3 Å². The van der Waals surface area contributed by atoms with Gasteiger partial charge in [-0.25, -0.2) is 0 Å². The third kappa shape index (κ3) is 3.79. The van der Waals surface area contributed by atoms with Crippen LogP contribution in [0.4, 0.5) is 0 Å². The average molecular weight is 249 g/mol. The summed E-state index contributed by atoms with van der Waals surface area (Å²) in [6.45, 7) is 0. The number of nitriles is 2. The predicted octanol–water partition coefficient (Wildman–Crippen LogP) is 3.89. The fraction of sp³-hybridized carbons (Fsp3) is 0. The van der Waals surface area contributed by atoms with Crippen molar-refractivity contribution in [1.82, 2.24) is 0 Å². The zero-order valence-corrected chi connectivity index (χ0v) is 9.63. The first kappa shape index (κ1) is 12.3. The minimum absolute atomic E-state index is 0.123. The van der Waals surface area contributed by atoms with E-state index in [1.165, 1.54) is 0 Å². The number of benzene rings is 1. The number of rotatable bonds is 2. The number of nitrogens with zero attached hydrogens (tertiary/aromatic N) is 2. The van der Waals surface area contributed by atoms with E-state index in [9.17, 15) is 0 Å². The molecule has 78 valence electrons. The van der Waals surface area contributed by atoms with Crippen LogP contribution in [0.2, 0.25) is 0 Å². The maximum atomic E-state index is 8.49. The molecule has 0 aliphatic carbocycles. The lowest BCUT2D eigenvalue weighted by Gasteiger charge is -1.95. The molecule has 0 fully saturated rings. The van der Waals surface area contributed by atoms with Crippen LogP contribution in [0.5, 0.6) is 0 Å². The molecule has 0 saturated carbocycles. The maximum absolute atomic E-state index is 8.49. The Hall–Kier alpha value is -1.74. The van der Waals surface area contributed by atoms with Crippen molar-refractivity contribution in [1.29, 1.82) is 10.5 Å². The summed E-state index contributed by atoms with van der Waals surface area (Å²) in [4.78, 5) is 0. The summed E-state index contributed by atoms with van der Waals surface area (Å²) in [5.41, 5.74) is 1.63. The van der Waals surface area contributed by atoms with E-state index in [4.69, 9.17) is 33.7 Å². The van der Waals surface area contributed by atoms with Gasteiger partial charge in [0.15, 0.2) is 0 Å². The van der Waals surface area contributed by atoms with Crippen molar-refractivity contribution in [3.8, 4) is 12.1 Å². The van der Waals surface area contributed by atoms with Gasteiger partial charge in [0.2, 0.25) is 0 Å². The molecule has 0 aromatic heterocycles. The third-order valence-corrected chi connectivity index (χ3v) is 2.12. The van der Waals surface area contributed by atoms with Crippen LogP contribution in [0.3, 0.4) is 0 Å². The second-order valence-electron chi connectivity index (χ2n) is 2.87. The molecular weight excluding hydrogens is 243 g/mol. The Labute approximate surface area is 104 Å². The molecule has 0 amide bonds. The van der Waals surface area contributed by atoms with Gasteiger partial charge in [-0.3, -0.25) is 0 Å². The van der Waals surface area contributed by atoms with E-state index in [2.05, 4.69) is 0 Å². The smallest absolute Gasteiger partial charge is 0.118 e. The molecule has 0 aliphatic rings. The van der Waals surface area contributed by atoms with Crippen molar-refractivity contribution in [2.24, 2.45) is 0 Å². The normalized spacial score (nSPS) is 11.8. The van der Waals surface area contributed by atoms with Gasteiger partial charge in [-0.2, -0.15) is 10.5 Å². The van der Waals surface area contributed by atoms with E-state index < -0.39 is 0 Å². The van der Waals surface area contributed by atoms with E-state index in [-0.39, 0.29) is 10.1 Å². The number of halogens is 2. The highest BCUT2D eigenvalue weighted by atomic mass is 35.5. The minimum atomic E-state index is 0.123. The lowest BCUT2D eigenvalue weighted by molar-refractivity contribution is 1.52. The SMILES string of the molecule is N#C/C(Cl)=C\c1ccc(/C=C(/Cl)C#N)cc1. The molecule has 1 aromatic rings. The van der Waals surface area contributed by atoms with Gasteiger partial charge in [-0.1, -0.05) is 47.5 Å². The highest BCUT2D eigenvalue weighted by Crippen LogP contribution is 2.14. The van der Waals surface area contributed by atoms with Crippen LogP contribution in [0.1, 0.15) is 11.1 Å². The van der Waals surface area contributed by atoms with Crippen LogP contribution in [0, 0.1) is 22.7 Å². The van der Waals surface area contributed by atoms with E-state index in [0.717, 1.165) is 11.1 Å². The first-order chi connectivity index (χ1) is 7.65. The monoisotopic (exact) mass is 248 g/mol. The second kappa shape index (κ2) is 5.98. The number of allylic oxidation sites excluding steroid dienone is 2. The molecule has 1 aromatic carbocycles. The fourth-order valence-electron chi connectivity index (χ4n) is 1.05. The van der Waals surface area contributed by atoms with Crippen molar-refractivity contribution in [2.75, 3.05) is 0 Å². The summed E-state index contributed by atoms with van der Waals surface area (Å²) in [6.07, 6.45) is 3.11. The third-order valence-electron chi connectivity index (χ3n) is 1.74. The van der Waals surface area contributed by atoms with E-state index in [1.54, 1.807) is 36.4 Å². The average Bonchev–Trinajstić information content (AvgIpc) is 2.31. The first-order valence-corrected chi connectivity index (χ1v) is 5.06. The Kier molecular flexibility index (Phi) is 4.61. The maximum Gasteiger partial charge on any atom is 0.118 e. The van der Waals surface area contributed by atoms with Gasteiger partial charge in [-0.05, 0) is 23.3 Å². The molecule has 0 N–H and O–H groups in total. The largest absolute Gasteiger partial charge is 0.191 e. The molecule has 16 heavy (non-hydrogen) atoms. The summed E-state index contributed by atoms with van der Waals surface area (Å²) in [7, 11) is 0. The molecular formula is C12H6Cl2N2. The molecule has 0 unspecified atom stereocenters. The summed E-state index contributed by atoms with van der Waals surface area (Å²) in [5.74, 6) is 0. The molecule has 1 rings (SSSR count). The summed E-state index contributed by atoms with van der Waals surface area (Å²) < 4.78 is 0. The second-order valence-corrected chi connectivity index (χ2v) is 3.69. The van der Waals surface area contributed by atoms with Crippen molar-refractivity contribution in [2.45, 2.75) is 0 Å². The highest BCUT2D eigenvalue weighted by Gasteiger charge is 1.94. The van der Waals surface area contributed by atoms with Crippen LogP contribution in [0.25, 0.3) is 12.2 Å². The summed E-state index contributed by atoms with van der Waals surface area (Å²) in [5, 5.41) is 17.2. The minimum Gasteiger partial charge on any atom is -0.191 e. The van der Waals surface area contributed by atoms with E-state index in [0.29, 0.717) is 0 Å². The molecule has 0 aliphatic heterocycles. The van der Waals surface area contributed by atoms with Gasteiger partial charge in [0.25, 0.3) is 0 Å². The lowest BCUT2D eigenvalue weighted by atomic mass is 10.1. The summed E-state index contributed by atoms with van der Waals surface area (Å²) >= 11 is 11.1. The van der Waals surface area contributed by atoms with Crippen LogP contribution in [-0.4, -0.2) is 0 Å². The van der Waals surface area contributed by atoms with Crippen molar-refractivity contribution in [3.63, 3.8) is 0 Å².